The van der Waals surface area contributed by atoms with Crippen LogP contribution in [0.25, 0.3) is 5.69 Å². The van der Waals surface area contributed by atoms with Crippen LogP contribution in [0.15, 0.2) is 54.6 Å². The lowest BCUT2D eigenvalue weighted by Crippen LogP contribution is -2.06. The number of aromatic nitrogens is 8. The van der Waals surface area contributed by atoms with Gasteiger partial charge in [0, 0.05) is 13.6 Å². The Balaban J connectivity index is 1.50. The minimum atomic E-state index is 0.291. The number of tetrazole rings is 2. The van der Waals surface area contributed by atoms with E-state index in [1.165, 1.54) is 4.68 Å². The van der Waals surface area contributed by atoms with Crippen molar-refractivity contribution in [2.24, 2.45) is 7.05 Å². The van der Waals surface area contributed by atoms with E-state index in [1.54, 1.807) is 11.7 Å². The normalized spacial score (nSPS) is 10.7. The third kappa shape index (κ3) is 3.34. The number of aryl methyl sites for hydroxylation is 1. The number of nitrogens with one attached hydrogen (secondary N) is 1. The van der Waals surface area contributed by atoms with Crippen LogP contribution in [0.4, 0.5) is 5.95 Å². The Bertz CT molecular complexity index is 996. The number of hydrogen-bond donors (Lipinski definition) is 1. The predicted molar refractivity (Wildman–Crippen MR) is 91.8 cm³/mol. The van der Waals surface area contributed by atoms with E-state index >= 15 is 0 Å². The van der Waals surface area contributed by atoms with Gasteiger partial charge in [-0.3, -0.25) is 0 Å². The summed E-state index contributed by atoms with van der Waals surface area (Å²) < 4.78 is 8.96. The molecule has 130 valence electrons. The summed E-state index contributed by atoms with van der Waals surface area (Å²) in [6, 6.07) is 17.5. The molecule has 2 heterocycles. The summed E-state index contributed by atoms with van der Waals surface area (Å²) >= 11 is 0. The molecule has 2 aromatic carbocycles. The summed E-state index contributed by atoms with van der Waals surface area (Å²) in [6.07, 6.45) is 0. The minimum Gasteiger partial charge on any atom is -0.423 e. The number of nitrogens with zero attached hydrogens (tertiary/aromatic N) is 8. The summed E-state index contributed by atoms with van der Waals surface area (Å²) in [5.74, 6) is 1.22. The van der Waals surface area contributed by atoms with Crippen LogP contribution in [0.5, 0.6) is 11.8 Å². The van der Waals surface area contributed by atoms with Crippen LogP contribution in [0.2, 0.25) is 0 Å². The van der Waals surface area contributed by atoms with Crippen LogP contribution in [-0.4, -0.2) is 40.4 Å². The van der Waals surface area contributed by atoms with Crippen molar-refractivity contribution in [1.82, 2.24) is 40.4 Å². The third-order valence-corrected chi connectivity index (χ3v) is 3.62. The molecule has 0 radical (unpaired) electrons. The predicted octanol–water partition coefficient (Wildman–Crippen LogP) is 1.59. The molecule has 0 aliphatic carbocycles. The smallest absolute Gasteiger partial charge is 0.345 e. The zero-order valence-electron chi connectivity index (χ0n) is 13.9. The molecule has 0 spiro atoms. The molecular weight excluding hydrogens is 334 g/mol. The van der Waals surface area contributed by atoms with E-state index in [9.17, 15) is 0 Å². The Hall–Kier alpha value is -3.82. The summed E-state index contributed by atoms with van der Waals surface area (Å²) in [5, 5.41) is 26.0. The van der Waals surface area contributed by atoms with Gasteiger partial charge < -0.3 is 10.1 Å². The molecule has 0 aliphatic rings. The zero-order chi connectivity index (χ0) is 17.8. The molecule has 26 heavy (non-hydrogen) atoms. The van der Waals surface area contributed by atoms with Crippen molar-refractivity contribution in [2.75, 3.05) is 5.32 Å². The van der Waals surface area contributed by atoms with Gasteiger partial charge in [0.2, 0.25) is 5.95 Å². The highest BCUT2D eigenvalue weighted by Crippen LogP contribution is 2.22. The van der Waals surface area contributed by atoms with Crippen molar-refractivity contribution >= 4 is 5.95 Å². The van der Waals surface area contributed by atoms with Crippen LogP contribution < -0.4 is 10.1 Å². The molecule has 0 saturated carbocycles. The fourth-order valence-corrected chi connectivity index (χ4v) is 2.36. The topological polar surface area (TPSA) is 108 Å². The zero-order valence-corrected chi connectivity index (χ0v) is 13.9. The van der Waals surface area contributed by atoms with Crippen molar-refractivity contribution in [3.63, 3.8) is 0 Å². The van der Waals surface area contributed by atoms with Gasteiger partial charge in [-0.2, -0.15) is 4.68 Å². The Labute approximate surface area is 148 Å². The maximum absolute atomic E-state index is 5.86. The van der Waals surface area contributed by atoms with Crippen LogP contribution in [0, 0.1) is 0 Å². The first kappa shape index (κ1) is 15.7. The van der Waals surface area contributed by atoms with Gasteiger partial charge in [0.1, 0.15) is 5.75 Å². The average Bonchev–Trinajstić information content (AvgIpc) is 3.30. The summed E-state index contributed by atoms with van der Waals surface area (Å²) in [5.41, 5.74) is 1.82. The summed E-state index contributed by atoms with van der Waals surface area (Å²) in [7, 11) is 1.77. The van der Waals surface area contributed by atoms with Crippen LogP contribution in [0.3, 0.4) is 0 Å². The summed E-state index contributed by atoms with van der Waals surface area (Å²) in [4.78, 5) is 0. The number of anilines is 1. The molecule has 10 nitrogen and oxygen atoms in total. The van der Waals surface area contributed by atoms with Gasteiger partial charge >= 0.3 is 6.01 Å². The molecule has 4 aromatic rings. The van der Waals surface area contributed by atoms with E-state index in [2.05, 4.69) is 36.4 Å². The second-order valence-electron chi connectivity index (χ2n) is 5.44. The fraction of sp³-hybridized carbons (Fsp3) is 0.125. The maximum Gasteiger partial charge on any atom is 0.345 e. The van der Waals surface area contributed by atoms with Crippen molar-refractivity contribution in [1.29, 1.82) is 0 Å². The maximum atomic E-state index is 5.86. The first-order chi connectivity index (χ1) is 12.8. The lowest BCUT2D eigenvalue weighted by Gasteiger charge is -2.08. The van der Waals surface area contributed by atoms with Gasteiger partial charge in [0.05, 0.1) is 5.69 Å². The largest absolute Gasteiger partial charge is 0.423 e. The second kappa shape index (κ2) is 6.97. The van der Waals surface area contributed by atoms with Crippen molar-refractivity contribution < 1.29 is 4.74 Å². The fourth-order valence-electron chi connectivity index (χ4n) is 2.36. The number of para-hydroxylation sites is 1. The standard InChI is InChI=1S/C16H15N9O/c1-24-15(18-20-22-24)17-11-12-6-5-9-14(10-12)26-16-19-21-23-25(16)13-7-3-2-4-8-13/h2-10H,11H2,1H3,(H,17,18,22). The molecule has 0 amide bonds. The van der Waals surface area contributed by atoms with Gasteiger partial charge in [-0.25, -0.2) is 4.68 Å². The monoisotopic (exact) mass is 349 g/mol. The van der Waals surface area contributed by atoms with E-state index in [4.69, 9.17) is 4.74 Å². The summed E-state index contributed by atoms with van der Waals surface area (Å²) in [6.45, 7) is 0.551. The van der Waals surface area contributed by atoms with Gasteiger partial charge in [0.25, 0.3) is 0 Å². The van der Waals surface area contributed by atoms with E-state index in [1.807, 2.05) is 54.6 Å². The highest BCUT2D eigenvalue weighted by Gasteiger charge is 2.11. The number of ether oxygens (including phenoxy) is 1. The first-order valence-electron chi connectivity index (χ1n) is 7.86. The highest BCUT2D eigenvalue weighted by molar-refractivity contribution is 5.35. The van der Waals surface area contributed by atoms with Gasteiger partial charge in [-0.15, -0.1) is 0 Å². The van der Waals surface area contributed by atoms with Crippen LogP contribution in [-0.2, 0) is 13.6 Å². The van der Waals surface area contributed by atoms with E-state index in [0.717, 1.165) is 11.3 Å². The molecule has 10 heteroatoms. The molecule has 0 aliphatic heterocycles. The number of benzene rings is 2. The van der Waals surface area contributed by atoms with Gasteiger partial charge in [-0.1, -0.05) is 40.5 Å². The molecule has 4 rings (SSSR count). The van der Waals surface area contributed by atoms with Crippen LogP contribution >= 0.6 is 0 Å². The van der Waals surface area contributed by atoms with E-state index < -0.39 is 0 Å². The Morgan fingerprint density at radius 3 is 2.62 bits per heavy atom. The molecule has 1 N–H and O–H groups in total. The minimum absolute atomic E-state index is 0.291. The van der Waals surface area contributed by atoms with Gasteiger partial charge in [-0.05, 0) is 50.7 Å². The molecule has 0 fully saturated rings. The van der Waals surface area contributed by atoms with Crippen molar-refractivity contribution in [3.05, 3.63) is 60.2 Å². The molecular formula is C16H15N9O. The highest BCUT2D eigenvalue weighted by atomic mass is 16.5. The van der Waals surface area contributed by atoms with E-state index in [0.29, 0.717) is 24.3 Å². The first-order valence-corrected chi connectivity index (χ1v) is 7.86. The molecule has 2 aromatic heterocycles. The van der Waals surface area contributed by atoms with Crippen LogP contribution in [0.1, 0.15) is 5.56 Å². The molecule has 0 bridgehead atoms. The number of rotatable bonds is 6. The number of hydrogen-bond acceptors (Lipinski definition) is 8. The lowest BCUT2D eigenvalue weighted by atomic mass is 10.2. The van der Waals surface area contributed by atoms with Crippen molar-refractivity contribution in [2.45, 2.75) is 6.54 Å². The second-order valence-corrected chi connectivity index (χ2v) is 5.44. The van der Waals surface area contributed by atoms with Crippen molar-refractivity contribution in [3.8, 4) is 17.4 Å². The Kier molecular flexibility index (Phi) is 4.21. The molecule has 0 saturated heterocycles. The molecule has 0 atom stereocenters. The Morgan fingerprint density at radius 1 is 0.962 bits per heavy atom. The van der Waals surface area contributed by atoms with E-state index in [-0.39, 0.29) is 0 Å². The molecule has 0 unspecified atom stereocenters. The van der Waals surface area contributed by atoms with Gasteiger partial charge in [0.15, 0.2) is 0 Å². The SMILES string of the molecule is Cn1nnnc1NCc1cccc(Oc2nnnn2-c2ccccc2)c1. The lowest BCUT2D eigenvalue weighted by molar-refractivity contribution is 0.427. The Morgan fingerprint density at radius 2 is 1.81 bits per heavy atom. The average molecular weight is 349 g/mol. The third-order valence-electron chi connectivity index (χ3n) is 3.62. The quantitative estimate of drug-likeness (QED) is 0.559.